The average molecular weight is 355 g/mol. The lowest BCUT2D eigenvalue weighted by atomic mass is 9.54. The summed E-state index contributed by atoms with van der Waals surface area (Å²) >= 11 is 0. The monoisotopic (exact) mass is 354 g/mol. The molecule has 3 aliphatic rings. The zero-order valence-corrected chi connectivity index (χ0v) is 17.7. The van der Waals surface area contributed by atoms with Crippen molar-refractivity contribution < 1.29 is 4.79 Å². The van der Waals surface area contributed by atoms with Gasteiger partial charge in [0.05, 0.1) is 0 Å². The lowest BCUT2D eigenvalue weighted by molar-refractivity contribution is -0.104. The van der Waals surface area contributed by atoms with Gasteiger partial charge < -0.3 is 0 Å². The van der Waals surface area contributed by atoms with Gasteiger partial charge in [-0.25, -0.2) is 0 Å². The highest BCUT2D eigenvalue weighted by Gasteiger charge is 2.52. The summed E-state index contributed by atoms with van der Waals surface area (Å²) in [7, 11) is 0. The number of carbonyl (C=O) groups is 1. The van der Waals surface area contributed by atoms with Crippen LogP contribution < -0.4 is 0 Å². The number of rotatable bonds is 3. The lowest BCUT2D eigenvalue weighted by Gasteiger charge is -2.50. The van der Waals surface area contributed by atoms with Crippen molar-refractivity contribution in [1.82, 2.24) is 0 Å². The van der Waals surface area contributed by atoms with Gasteiger partial charge in [-0.1, -0.05) is 71.8 Å². The maximum atomic E-state index is 11.1. The molecule has 0 radical (unpaired) electrons. The number of fused-ring (bicyclic) bond motifs is 3. The Labute approximate surface area is 162 Å². The smallest absolute Gasteiger partial charge is 0.143 e. The third kappa shape index (κ3) is 3.62. The van der Waals surface area contributed by atoms with Gasteiger partial charge in [0.15, 0.2) is 0 Å². The van der Waals surface area contributed by atoms with Crippen LogP contribution >= 0.6 is 0 Å². The third-order valence-electron chi connectivity index (χ3n) is 7.19. The number of allylic oxidation sites excluding steroid dienone is 6. The molecule has 3 rings (SSSR count). The van der Waals surface area contributed by atoms with E-state index in [4.69, 9.17) is 0 Å². The molecule has 0 saturated heterocycles. The first-order chi connectivity index (χ1) is 12.5. The molecular formula is C25H38O. The van der Waals surface area contributed by atoms with E-state index in [2.05, 4.69) is 58.8 Å². The van der Waals surface area contributed by atoms with Crippen molar-refractivity contribution >= 4 is 6.29 Å². The number of carbonyl (C=O) groups excluding carboxylic acids is 1. The Hall–Kier alpha value is -1.55. The summed E-state index contributed by atoms with van der Waals surface area (Å²) in [4.78, 5) is 11.1. The molecule has 1 heteroatoms. The van der Waals surface area contributed by atoms with Gasteiger partial charge in [-0.05, 0) is 54.6 Å². The van der Waals surface area contributed by atoms with E-state index in [0.717, 1.165) is 31.0 Å². The molecule has 0 heterocycles. The Morgan fingerprint density at radius 2 is 1.88 bits per heavy atom. The molecule has 0 bridgehead atoms. The molecule has 5 unspecified atom stereocenters. The van der Waals surface area contributed by atoms with Crippen molar-refractivity contribution in [3.63, 3.8) is 0 Å². The zero-order valence-electron chi connectivity index (χ0n) is 17.7. The highest BCUT2D eigenvalue weighted by Crippen LogP contribution is 2.62. The zero-order chi connectivity index (χ0) is 20.0. The lowest BCUT2D eigenvalue weighted by Crippen LogP contribution is -2.41. The fourth-order valence-corrected chi connectivity index (χ4v) is 5.57. The molecule has 0 aromatic heterocycles. The first-order valence-corrected chi connectivity index (χ1v) is 10.4. The van der Waals surface area contributed by atoms with Crippen molar-refractivity contribution in [2.24, 2.45) is 28.6 Å². The molecule has 3 aliphatic carbocycles. The summed E-state index contributed by atoms with van der Waals surface area (Å²) in [6.07, 6.45) is 24.2. The van der Waals surface area contributed by atoms with Gasteiger partial charge in [0.2, 0.25) is 0 Å². The van der Waals surface area contributed by atoms with E-state index in [0.29, 0.717) is 11.3 Å². The standard InChI is InChI=1S/C21H30O.C2H6.C2H2/c1-5-12-21(4)16(11-14-22)7-8-17-18-9-6-15(2)20(18,3)13-10-19(17)21;2*1-2/h7-8,10-11,14-15,17-18H,5-6,9,12-13H2,1-4H3;1-2H3;1-2H/b16-11-;;. The average Bonchev–Trinajstić information content (AvgIpc) is 2.96. The van der Waals surface area contributed by atoms with Crippen molar-refractivity contribution in [3.8, 4) is 12.8 Å². The number of hydrogen-bond acceptors (Lipinski definition) is 1. The van der Waals surface area contributed by atoms with E-state index in [1.807, 2.05) is 13.8 Å². The Balaban J connectivity index is 0.000000791. The predicted octanol–water partition coefficient (Wildman–Crippen LogP) is 6.76. The van der Waals surface area contributed by atoms with E-state index in [1.165, 1.54) is 24.8 Å². The van der Waals surface area contributed by atoms with Crippen LogP contribution in [0.5, 0.6) is 0 Å². The Morgan fingerprint density at radius 1 is 1.23 bits per heavy atom. The minimum Gasteiger partial charge on any atom is -0.299 e. The normalized spacial score (nSPS) is 38.7. The van der Waals surface area contributed by atoms with Crippen molar-refractivity contribution in [3.05, 3.63) is 35.5 Å². The van der Waals surface area contributed by atoms with E-state index in [1.54, 1.807) is 11.6 Å². The molecule has 26 heavy (non-hydrogen) atoms. The van der Waals surface area contributed by atoms with Crippen LogP contribution in [0.1, 0.15) is 73.6 Å². The SMILES string of the molecule is C#C.CC.CCCC1(C)C2=CCC3(C)C(C)CCC3C2C=C/C1=C/C=O. The van der Waals surface area contributed by atoms with Crippen LogP contribution in [0.25, 0.3) is 0 Å². The molecule has 0 N–H and O–H groups in total. The third-order valence-corrected chi connectivity index (χ3v) is 7.19. The van der Waals surface area contributed by atoms with Crippen molar-refractivity contribution in [2.45, 2.75) is 73.6 Å². The van der Waals surface area contributed by atoms with Crippen LogP contribution in [-0.2, 0) is 4.79 Å². The molecule has 1 nitrogen and oxygen atoms in total. The summed E-state index contributed by atoms with van der Waals surface area (Å²) in [5, 5.41) is 0. The fraction of sp³-hybridized carbons (Fsp3) is 0.640. The first-order valence-electron chi connectivity index (χ1n) is 10.4. The molecular weight excluding hydrogens is 316 g/mol. The van der Waals surface area contributed by atoms with E-state index in [9.17, 15) is 4.79 Å². The van der Waals surface area contributed by atoms with Gasteiger partial charge >= 0.3 is 0 Å². The maximum Gasteiger partial charge on any atom is 0.143 e. The van der Waals surface area contributed by atoms with Crippen molar-refractivity contribution in [1.29, 1.82) is 0 Å². The molecule has 0 spiro atoms. The second kappa shape index (κ2) is 9.40. The van der Waals surface area contributed by atoms with Gasteiger partial charge in [0.1, 0.15) is 6.29 Å². The second-order valence-corrected chi connectivity index (χ2v) is 8.18. The molecule has 144 valence electrons. The highest BCUT2D eigenvalue weighted by molar-refractivity contribution is 5.69. The summed E-state index contributed by atoms with van der Waals surface area (Å²) in [6.45, 7) is 13.6. The molecule has 0 aromatic rings. The summed E-state index contributed by atoms with van der Waals surface area (Å²) in [5.74, 6) is 2.20. The van der Waals surface area contributed by atoms with Crippen molar-refractivity contribution in [2.75, 3.05) is 0 Å². The number of hydrogen-bond donors (Lipinski definition) is 0. The highest BCUT2D eigenvalue weighted by atomic mass is 16.1. The van der Waals surface area contributed by atoms with Gasteiger partial charge in [0, 0.05) is 11.3 Å². The van der Waals surface area contributed by atoms with Gasteiger partial charge in [-0.2, -0.15) is 0 Å². The van der Waals surface area contributed by atoms with E-state index < -0.39 is 0 Å². The minimum absolute atomic E-state index is 0.0578. The Bertz CT molecular complexity index is 591. The molecule has 1 fully saturated rings. The number of aldehydes is 1. The van der Waals surface area contributed by atoms with E-state index >= 15 is 0 Å². The minimum atomic E-state index is 0.0578. The summed E-state index contributed by atoms with van der Waals surface area (Å²) in [5.41, 5.74) is 3.34. The largest absolute Gasteiger partial charge is 0.299 e. The van der Waals surface area contributed by atoms with Gasteiger partial charge in [-0.3, -0.25) is 4.79 Å². The van der Waals surface area contributed by atoms with Gasteiger partial charge in [0.25, 0.3) is 0 Å². The number of terminal acetylenes is 1. The Kier molecular flexibility index (Phi) is 8.14. The van der Waals surface area contributed by atoms with Crippen LogP contribution in [0.3, 0.4) is 0 Å². The van der Waals surface area contributed by atoms with Gasteiger partial charge in [-0.15, -0.1) is 12.8 Å². The van der Waals surface area contributed by atoms with Crippen LogP contribution in [-0.4, -0.2) is 6.29 Å². The van der Waals surface area contributed by atoms with Crippen LogP contribution in [0.4, 0.5) is 0 Å². The molecule has 0 aliphatic heterocycles. The topological polar surface area (TPSA) is 17.1 Å². The fourth-order valence-electron chi connectivity index (χ4n) is 5.57. The molecule has 0 amide bonds. The Morgan fingerprint density at radius 3 is 2.46 bits per heavy atom. The van der Waals surface area contributed by atoms with E-state index in [-0.39, 0.29) is 5.41 Å². The van der Waals surface area contributed by atoms with Crippen LogP contribution in [0, 0.1) is 41.4 Å². The second-order valence-electron chi connectivity index (χ2n) is 8.18. The first kappa shape index (κ1) is 22.5. The molecule has 0 aromatic carbocycles. The predicted molar refractivity (Wildman–Crippen MR) is 114 cm³/mol. The van der Waals surface area contributed by atoms with Crippen LogP contribution in [0.2, 0.25) is 0 Å². The molecule has 5 atom stereocenters. The summed E-state index contributed by atoms with van der Waals surface area (Å²) < 4.78 is 0. The van der Waals surface area contributed by atoms with Crippen LogP contribution in [0.15, 0.2) is 35.5 Å². The molecule has 1 saturated carbocycles. The quantitative estimate of drug-likeness (QED) is 0.237. The maximum absolute atomic E-state index is 11.1. The summed E-state index contributed by atoms with van der Waals surface area (Å²) in [6, 6.07) is 0.